The van der Waals surface area contributed by atoms with E-state index in [1.54, 1.807) is 18.3 Å². The molecule has 6 nitrogen and oxygen atoms in total. The molecule has 3 aromatic rings. The monoisotopic (exact) mass is 291 g/mol. The maximum atomic E-state index is 10.7. The maximum Gasteiger partial charge on any atom is 0.271 e. The van der Waals surface area contributed by atoms with Gasteiger partial charge in [-0.05, 0) is 30.3 Å². The lowest BCUT2D eigenvalue weighted by Crippen LogP contribution is -1.92. The van der Waals surface area contributed by atoms with Gasteiger partial charge in [0.2, 0.25) is 0 Å². The number of pyridine rings is 1. The van der Waals surface area contributed by atoms with Crippen molar-refractivity contribution in [2.24, 2.45) is 0 Å². The van der Waals surface area contributed by atoms with E-state index in [2.05, 4.69) is 4.98 Å². The molecule has 0 saturated carbocycles. The molecule has 1 heterocycles. The van der Waals surface area contributed by atoms with Crippen LogP contribution in [0.5, 0.6) is 11.5 Å². The third-order valence-corrected chi connectivity index (χ3v) is 3.10. The first-order chi connectivity index (χ1) is 10.7. The summed E-state index contributed by atoms with van der Waals surface area (Å²) in [6, 6.07) is 14.9. The Kier molecular flexibility index (Phi) is 3.38. The average Bonchev–Trinajstić information content (AvgIpc) is 2.55. The molecule has 22 heavy (non-hydrogen) atoms. The molecule has 0 fully saturated rings. The van der Waals surface area contributed by atoms with Crippen LogP contribution in [-0.2, 0) is 0 Å². The Hall–Kier alpha value is -3.46. The van der Waals surface area contributed by atoms with Gasteiger partial charge in [-0.15, -0.1) is 0 Å². The molecule has 0 saturated heterocycles. The molecule has 0 N–H and O–H groups in total. The summed E-state index contributed by atoms with van der Waals surface area (Å²) < 4.78 is 5.67. The summed E-state index contributed by atoms with van der Waals surface area (Å²) in [5.41, 5.74) is 0.797. The summed E-state index contributed by atoms with van der Waals surface area (Å²) in [5.74, 6) is 0.808. The van der Waals surface area contributed by atoms with Gasteiger partial charge in [0.25, 0.3) is 5.69 Å². The third-order valence-electron chi connectivity index (χ3n) is 3.10. The minimum atomic E-state index is -0.549. The van der Waals surface area contributed by atoms with Gasteiger partial charge < -0.3 is 4.74 Å². The van der Waals surface area contributed by atoms with Crippen molar-refractivity contribution in [3.05, 3.63) is 70.4 Å². The molecule has 0 aliphatic heterocycles. The lowest BCUT2D eigenvalue weighted by atomic mass is 10.2. The van der Waals surface area contributed by atoms with Crippen molar-refractivity contribution in [3.63, 3.8) is 0 Å². The van der Waals surface area contributed by atoms with Gasteiger partial charge in [0.05, 0.1) is 10.4 Å². The Morgan fingerprint density at radius 3 is 2.82 bits per heavy atom. The van der Waals surface area contributed by atoms with E-state index in [1.165, 1.54) is 18.2 Å². The molecule has 0 aliphatic rings. The Morgan fingerprint density at radius 1 is 1.18 bits per heavy atom. The molecule has 2 aromatic carbocycles. The van der Waals surface area contributed by atoms with Gasteiger partial charge in [-0.1, -0.05) is 6.07 Å². The number of nitriles is 1. The van der Waals surface area contributed by atoms with Crippen molar-refractivity contribution >= 4 is 16.6 Å². The number of hydrogen-bond acceptors (Lipinski definition) is 5. The predicted molar refractivity (Wildman–Crippen MR) is 79.6 cm³/mol. The van der Waals surface area contributed by atoms with Crippen LogP contribution >= 0.6 is 0 Å². The summed E-state index contributed by atoms with van der Waals surface area (Å²) in [6.45, 7) is 0. The second kappa shape index (κ2) is 5.50. The number of nitro groups is 1. The number of rotatable bonds is 3. The summed E-state index contributed by atoms with van der Waals surface area (Å²) in [7, 11) is 0. The van der Waals surface area contributed by atoms with Crippen LogP contribution in [0.25, 0.3) is 10.9 Å². The number of fused-ring (bicyclic) bond motifs is 1. The van der Waals surface area contributed by atoms with Gasteiger partial charge in [0.15, 0.2) is 0 Å². The summed E-state index contributed by atoms with van der Waals surface area (Å²) in [6.07, 6.45) is 1.70. The van der Waals surface area contributed by atoms with Crippen LogP contribution in [0, 0.1) is 21.4 Å². The Morgan fingerprint density at radius 2 is 2.05 bits per heavy atom. The number of hydrogen-bond donors (Lipinski definition) is 0. The molecule has 0 atom stereocenters. The number of aromatic nitrogens is 1. The van der Waals surface area contributed by atoms with Crippen molar-refractivity contribution in [2.45, 2.75) is 0 Å². The zero-order valence-electron chi connectivity index (χ0n) is 11.3. The average molecular weight is 291 g/mol. The van der Waals surface area contributed by atoms with Crippen LogP contribution in [0.4, 0.5) is 5.69 Å². The standard InChI is InChI=1S/C16H9N3O3/c17-10-12-8-13(19(20)21)3-6-16(12)22-14-4-5-15-11(9-14)2-1-7-18-15/h1-9H. The van der Waals surface area contributed by atoms with E-state index in [1.807, 2.05) is 24.3 Å². The molecule has 0 unspecified atom stereocenters. The predicted octanol–water partition coefficient (Wildman–Crippen LogP) is 3.81. The zero-order chi connectivity index (χ0) is 15.5. The molecular formula is C16H9N3O3. The first-order valence-corrected chi connectivity index (χ1v) is 6.38. The minimum Gasteiger partial charge on any atom is -0.456 e. The smallest absolute Gasteiger partial charge is 0.271 e. The van der Waals surface area contributed by atoms with Crippen molar-refractivity contribution in [1.29, 1.82) is 5.26 Å². The number of nitrogens with zero attached hydrogens (tertiary/aromatic N) is 3. The molecular weight excluding hydrogens is 282 g/mol. The van der Waals surface area contributed by atoms with Crippen molar-refractivity contribution in [3.8, 4) is 17.6 Å². The molecule has 0 aliphatic carbocycles. The van der Waals surface area contributed by atoms with Crippen LogP contribution < -0.4 is 4.74 Å². The molecule has 3 rings (SSSR count). The maximum absolute atomic E-state index is 10.7. The fraction of sp³-hybridized carbons (Fsp3) is 0. The zero-order valence-corrected chi connectivity index (χ0v) is 11.3. The van der Waals surface area contributed by atoms with E-state index in [0.29, 0.717) is 5.75 Å². The number of ether oxygens (including phenoxy) is 1. The van der Waals surface area contributed by atoms with Crippen molar-refractivity contribution in [1.82, 2.24) is 4.98 Å². The summed E-state index contributed by atoms with van der Waals surface area (Å²) in [4.78, 5) is 14.4. The molecule has 0 amide bonds. The largest absolute Gasteiger partial charge is 0.456 e. The van der Waals surface area contributed by atoms with Crippen LogP contribution in [0.3, 0.4) is 0 Å². The quantitative estimate of drug-likeness (QED) is 0.540. The SMILES string of the molecule is N#Cc1cc([N+](=O)[O-])ccc1Oc1ccc2ncccc2c1. The number of non-ortho nitro benzene ring substituents is 1. The fourth-order valence-electron chi connectivity index (χ4n) is 2.05. The lowest BCUT2D eigenvalue weighted by molar-refractivity contribution is -0.384. The number of benzene rings is 2. The fourth-order valence-corrected chi connectivity index (χ4v) is 2.05. The number of nitro benzene ring substituents is 1. The van der Waals surface area contributed by atoms with E-state index in [9.17, 15) is 10.1 Å². The van der Waals surface area contributed by atoms with E-state index >= 15 is 0 Å². The molecule has 0 radical (unpaired) electrons. The van der Waals surface area contributed by atoms with Gasteiger partial charge >= 0.3 is 0 Å². The normalized spacial score (nSPS) is 10.1. The Bertz CT molecular complexity index is 916. The van der Waals surface area contributed by atoms with Gasteiger partial charge in [-0.3, -0.25) is 15.1 Å². The second-order valence-corrected chi connectivity index (χ2v) is 4.51. The molecule has 106 valence electrons. The Labute approximate surface area is 125 Å². The molecule has 1 aromatic heterocycles. The van der Waals surface area contributed by atoms with Gasteiger partial charge in [0, 0.05) is 23.7 Å². The lowest BCUT2D eigenvalue weighted by Gasteiger charge is -2.08. The highest BCUT2D eigenvalue weighted by Crippen LogP contribution is 2.29. The van der Waals surface area contributed by atoms with Crippen molar-refractivity contribution in [2.75, 3.05) is 0 Å². The van der Waals surface area contributed by atoms with Crippen LogP contribution in [0.15, 0.2) is 54.7 Å². The second-order valence-electron chi connectivity index (χ2n) is 4.51. The summed E-state index contributed by atoms with van der Waals surface area (Å²) in [5, 5.41) is 20.7. The van der Waals surface area contributed by atoms with Gasteiger partial charge in [-0.25, -0.2) is 0 Å². The molecule has 0 spiro atoms. The highest BCUT2D eigenvalue weighted by atomic mass is 16.6. The molecule has 6 heteroatoms. The first-order valence-electron chi connectivity index (χ1n) is 6.38. The van der Waals surface area contributed by atoms with E-state index in [-0.39, 0.29) is 17.0 Å². The topological polar surface area (TPSA) is 89.0 Å². The van der Waals surface area contributed by atoms with Gasteiger partial charge in [0.1, 0.15) is 23.1 Å². The van der Waals surface area contributed by atoms with Crippen molar-refractivity contribution < 1.29 is 9.66 Å². The van der Waals surface area contributed by atoms with Crippen LogP contribution in [0.2, 0.25) is 0 Å². The Balaban J connectivity index is 1.97. The van der Waals surface area contributed by atoms with Gasteiger partial charge in [-0.2, -0.15) is 5.26 Å². The third kappa shape index (κ3) is 2.55. The van der Waals surface area contributed by atoms with Crippen LogP contribution in [-0.4, -0.2) is 9.91 Å². The summed E-state index contributed by atoms with van der Waals surface area (Å²) >= 11 is 0. The minimum absolute atomic E-state index is 0.112. The van der Waals surface area contributed by atoms with E-state index < -0.39 is 4.92 Å². The van der Waals surface area contributed by atoms with E-state index in [4.69, 9.17) is 10.00 Å². The molecule has 0 bridgehead atoms. The van der Waals surface area contributed by atoms with Crippen LogP contribution in [0.1, 0.15) is 5.56 Å². The first kappa shape index (κ1) is 13.5. The highest BCUT2D eigenvalue weighted by molar-refractivity contribution is 5.79. The van der Waals surface area contributed by atoms with E-state index in [0.717, 1.165) is 10.9 Å². The highest BCUT2D eigenvalue weighted by Gasteiger charge is 2.12.